The van der Waals surface area contributed by atoms with Crippen LogP contribution in [-0.2, 0) is 6.54 Å². The van der Waals surface area contributed by atoms with Crippen LogP contribution in [0.15, 0.2) is 51.2 Å². The van der Waals surface area contributed by atoms with Gasteiger partial charge in [0.05, 0.1) is 0 Å². The predicted molar refractivity (Wildman–Crippen MR) is 137 cm³/mol. The van der Waals surface area contributed by atoms with E-state index in [1.807, 2.05) is 30.4 Å². The molecule has 2 aromatic rings. The van der Waals surface area contributed by atoms with Gasteiger partial charge in [-0.2, -0.15) is 0 Å². The molecule has 1 aliphatic rings. The Labute approximate surface area is 200 Å². The molecule has 1 aliphatic heterocycles. The first-order valence-corrected chi connectivity index (χ1v) is 11.9. The van der Waals surface area contributed by atoms with Crippen molar-refractivity contribution in [2.75, 3.05) is 25.9 Å². The second-order valence-electron chi connectivity index (χ2n) is 7.17. The number of thiazole rings is 1. The summed E-state index contributed by atoms with van der Waals surface area (Å²) in [4.78, 5) is 11.3. The average molecular weight is 546 g/mol. The highest BCUT2D eigenvalue weighted by Crippen LogP contribution is 2.21. The van der Waals surface area contributed by atoms with Gasteiger partial charge in [-0.3, -0.25) is 9.89 Å². The molecule has 0 aliphatic carbocycles. The van der Waals surface area contributed by atoms with E-state index in [-0.39, 0.29) is 24.0 Å². The molecule has 3 rings (SSSR count). The van der Waals surface area contributed by atoms with Crippen molar-refractivity contribution in [3.05, 3.63) is 47.5 Å². The minimum absolute atomic E-state index is 0. The molecule has 160 valence electrons. The van der Waals surface area contributed by atoms with Crippen LogP contribution in [0.3, 0.4) is 0 Å². The molecular formula is C21H32IN5S2. The molecule has 1 aromatic heterocycles. The molecule has 0 radical (unpaired) electrons. The monoisotopic (exact) mass is 545 g/mol. The zero-order valence-corrected chi connectivity index (χ0v) is 21.2. The van der Waals surface area contributed by atoms with Gasteiger partial charge in [-0.05, 0) is 31.7 Å². The number of likely N-dealkylation sites (tertiary alicyclic amines) is 1. The Morgan fingerprint density at radius 2 is 2.17 bits per heavy atom. The molecule has 8 heteroatoms. The molecule has 1 fully saturated rings. The summed E-state index contributed by atoms with van der Waals surface area (Å²) in [6, 6.07) is 11.8. The zero-order valence-electron chi connectivity index (χ0n) is 17.2. The highest BCUT2D eigenvalue weighted by molar-refractivity contribution is 14.0. The number of aromatic nitrogens is 1. The number of rotatable bonds is 8. The van der Waals surface area contributed by atoms with E-state index in [0.717, 1.165) is 54.9 Å². The maximum Gasteiger partial charge on any atom is 0.191 e. The molecule has 0 saturated carbocycles. The van der Waals surface area contributed by atoms with E-state index in [1.54, 1.807) is 11.3 Å². The van der Waals surface area contributed by atoms with Crippen molar-refractivity contribution in [2.45, 2.75) is 49.2 Å². The number of hydrogen-bond acceptors (Lipinski definition) is 5. The topological polar surface area (TPSA) is 52.6 Å². The summed E-state index contributed by atoms with van der Waals surface area (Å²) in [5.74, 6) is 2.00. The minimum atomic E-state index is 0. The first-order valence-electron chi connectivity index (χ1n) is 10.0. The van der Waals surface area contributed by atoms with Gasteiger partial charge in [-0.1, -0.05) is 42.1 Å². The summed E-state index contributed by atoms with van der Waals surface area (Å²) >= 11 is 3.53. The van der Waals surface area contributed by atoms with Crippen molar-refractivity contribution >= 4 is 53.0 Å². The molecule has 1 aromatic carbocycles. The molecule has 0 amide bonds. The van der Waals surface area contributed by atoms with Crippen LogP contribution in [0, 0.1) is 0 Å². The van der Waals surface area contributed by atoms with Gasteiger partial charge in [-0.15, -0.1) is 35.3 Å². The van der Waals surface area contributed by atoms with Gasteiger partial charge in [0.2, 0.25) is 0 Å². The van der Waals surface area contributed by atoms with Crippen molar-refractivity contribution in [2.24, 2.45) is 4.99 Å². The Morgan fingerprint density at radius 1 is 1.34 bits per heavy atom. The van der Waals surface area contributed by atoms with Crippen molar-refractivity contribution in [1.82, 2.24) is 20.5 Å². The lowest BCUT2D eigenvalue weighted by Crippen LogP contribution is -2.51. The molecule has 5 nitrogen and oxygen atoms in total. The van der Waals surface area contributed by atoms with E-state index in [1.165, 1.54) is 5.56 Å². The van der Waals surface area contributed by atoms with Crippen LogP contribution in [0.2, 0.25) is 0 Å². The Kier molecular flexibility index (Phi) is 11.3. The van der Waals surface area contributed by atoms with Crippen LogP contribution in [0.4, 0.5) is 0 Å². The molecule has 2 N–H and O–H groups in total. The third-order valence-corrected chi connectivity index (χ3v) is 7.11. The summed E-state index contributed by atoms with van der Waals surface area (Å²) < 4.78 is 1.15. The SMILES string of the molecule is CN=C(NCCCSc1nccs1)NC1CCN(Cc2ccccc2)C(C)C1.I. The second-order valence-corrected chi connectivity index (χ2v) is 9.41. The van der Waals surface area contributed by atoms with Crippen LogP contribution in [0.5, 0.6) is 0 Å². The highest BCUT2D eigenvalue weighted by atomic mass is 127. The highest BCUT2D eigenvalue weighted by Gasteiger charge is 2.25. The van der Waals surface area contributed by atoms with E-state index in [4.69, 9.17) is 0 Å². The van der Waals surface area contributed by atoms with Gasteiger partial charge in [0.1, 0.15) is 4.34 Å². The summed E-state index contributed by atoms with van der Waals surface area (Å²) in [6.45, 7) is 5.43. The van der Waals surface area contributed by atoms with Crippen LogP contribution in [0.25, 0.3) is 0 Å². The van der Waals surface area contributed by atoms with Gasteiger partial charge in [0, 0.05) is 56.1 Å². The third kappa shape index (κ3) is 8.43. The summed E-state index contributed by atoms with van der Waals surface area (Å²) in [5.41, 5.74) is 1.40. The molecule has 2 atom stereocenters. The standard InChI is InChI=1S/C21H31N5S2.HI/c1-17-15-19(9-12-26(17)16-18-7-4-3-5-8-18)25-20(22-2)23-10-6-13-27-21-24-11-14-28-21;/h3-5,7-8,11,14,17,19H,6,9-10,12-13,15-16H2,1-2H3,(H2,22,23,25);1H. The normalized spacial score (nSPS) is 20.1. The second kappa shape index (κ2) is 13.5. The summed E-state index contributed by atoms with van der Waals surface area (Å²) in [6.07, 6.45) is 5.26. The van der Waals surface area contributed by atoms with E-state index in [0.29, 0.717) is 12.1 Å². The van der Waals surface area contributed by atoms with Crippen molar-refractivity contribution in [3.8, 4) is 0 Å². The quantitative estimate of drug-likeness (QED) is 0.169. The van der Waals surface area contributed by atoms with Crippen LogP contribution in [-0.4, -0.2) is 53.8 Å². The Morgan fingerprint density at radius 3 is 2.86 bits per heavy atom. The first-order chi connectivity index (χ1) is 13.7. The smallest absolute Gasteiger partial charge is 0.191 e. The number of benzene rings is 1. The van der Waals surface area contributed by atoms with E-state index in [2.05, 4.69) is 62.8 Å². The lowest BCUT2D eigenvalue weighted by Gasteiger charge is -2.38. The van der Waals surface area contributed by atoms with Gasteiger partial charge >= 0.3 is 0 Å². The molecule has 0 spiro atoms. The lowest BCUT2D eigenvalue weighted by molar-refractivity contribution is 0.134. The molecular weight excluding hydrogens is 513 g/mol. The molecule has 2 unspecified atom stereocenters. The fraction of sp³-hybridized carbons (Fsp3) is 0.524. The summed E-state index contributed by atoms with van der Waals surface area (Å²) in [7, 11) is 1.85. The third-order valence-electron chi connectivity index (χ3n) is 5.06. The van der Waals surface area contributed by atoms with E-state index >= 15 is 0 Å². The maximum absolute atomic E-state index is 4.41. The van der Waals surface area contributed by atoms with E-state index < -0.39 is 0 Å². The largest absolute Gasteiger partial charge is 0.356 e. The van der Waals surface area contributed by atoms with Crippen molar-refractivity contribution in [1.29, 1.82) is 0 Å². The number of aliphatic imine (C=N–C) groups is 1. The van der Waals surface area contributed by atoms with Gasteiger partial charge in [0.15, 0.2) is 5.96 Å². The summed E-state index contributed by atoms with van der Waals surface area (Å²) in [5, 5.41) is 9.10. The van der Waals surface area contributed by atoms with Gasteiger partial charge in [0.25, 0.3) is 0 Å². The van der Waals surface area contributed by atoms with Gasteiger partial charge < -0.3 is 10.6 Å². The van der Waals surface area contributed by atoms with E-state index in [9.17, 15) is 0 Å². The predicted octanol–water partition coefficient (Wildman–Crippen LogP) is 4.46. The lowest BCUT2D eigenvalue weighted by atomic mass is 9.97. The molecule has 0 bridgehead atoms. The fourth-order valence-corrected chi connectivity index (χ4v) is 5.16. The fourth-order valence-electron chi connectivity index (χ4n) is 3.51. The Hall–Kier alpha value is -0.840. The number of piperidine rings is 1. The van der Waals surface area contributed by atoms with Crippen LogP contribution in [0.1, 0.15) is 31.7 Å². The zero-order chi connectivity index (χ0) is 19.6. The maximum atomic E-state index is 4.41. The average Bonchev–Trinajstić information content (AvgIpc) is 3.23. The number of hydrogen-bond donors (Lipinski definition) is 2. The molecule has 29 heavy (non-hydrogen) atoms. The number of thioether (sulfide) groups is 1. The molecule has 2 heterocycles. The number of nitrogens with zero attached hydrogens (tertiary/aromatic N) is 3. The number of halogens is 1. The Bertz CT molecular complexity index is 711. The van der Waals surface area contributed by atoms with Crippen LogP contribution >= 0.6 is 47.1 Å². The van der Waals surface area contributed by atoms with Crippen molar-refractivity contribution < 1.29 is 0 Å². The van der Waals surface area contributed by atoms with Gasteiger partial charge in [-0.25, -0.2) is 4.98 Å². The first kappa shape index (κ1) is 24.4. The minimum Gasteiger partial charge on any atom is -0.356 e. The molecule has 1 saturated heterocycles. The van der Waals surface area contributed by atoms with Crippen molar-refractivity contribution in [3.63, 3.8) is 0 Å². The number of nitrogens with one attached hydrogen (secondary N) is 2. The van der Waals surface area contributed by atoms with Crippen LogP contribution < -0.4 is 10.6 Å². The number of guanidine groups is 1. The Balaban J connectivity index is 0.00000300.